The molecule has 4 nitrogen and oxygen atoms in total. The van der Waals surface area contributed by atoms with Gasteiger partial charge in [-0.15, -0.1) is 11.6 Å². The van der Waals surface area contributed by atoms with E-state index in [0.717, 1.165) is 42.9 Å². The third-order valence-corrected chi connectivity index (χ3v) is 4.50. The van der Waals surface area contributed by atoms with Gasteiger partial charge in [0.1, 0.15) is 6.10 Å². The molecule has 3 rings (SSSR count). The molecule has 0 aliphatic carbocycles. The van der Waals surface area contributed by atoms with E-state index in [1.165, 1.54) is 0 Å². The van der Waals surface area contributed by atoms with Crippen LogP contribution in [0.1, 0.15) is 24.8 Å². The van der Waals surface area contributed by atoms with Gasteiger partial charge < -0.3 is 18.9 Å². The highest BCUT2D eigenvalue weighted by atomic mass is 35.5. The molecular weight excluding hydrogens is 292 g/mol. The summed E-state index contributed by atoms with van der Waals surface area (Å²) in [5.41, 5.74) is 0.874. The first-order valence-corrected chi connectivity index (χ1v) is 7.89. The van der Waals surface area contributed by atoms with E-state index in [4.69, 9.17) is 30.5 Å². The van der Waals surface area contributed by atoms with Crippen LogP contribution in [-0.4, -0.2) is 38.6 Å². The zero-order chi connectivity index (χ0) is 14.7. The summed E-state index contributed by atoms with van der Waals surface area (Å²) in [6.07, 6.45) is 2.82. The van der Waals surface area contributed by atoms with E-state index in [1.54, 1.807) is 7.11 Å². The van der Waals surface area contributed by atoms with Crippen molar-refractivity contribution in [3.05, 3.63) is 23.8 Å². The Kier molecular flexibility index (Phi) is 4.57. The highest BCUT2D eigenvalue weighted by Crippen LogP contribution is 2.37. The van der Waals surface area contributed by atoms with E-state index < -0.39 is 0 Å². The topological polar surface area (TPSA) is 36.9 Å². The Morgan fingerprint density at radius 2 is 2.24 bits per heavy atom. The summed E-state index contributed by atoms with van der Waals surface area (Å²) in [5.74, 6) is 1.97. The smallest absolute Gasteiger partial charge is 0.161 e. The van der Waals surface area contributed by atoms with Gasteiger partial charge in [0.2, 0.25) is 0 Å². The molecule has 2 saturated heterocycles. The molecule has 1 aromatic carbocycles. The Bertz CT molecular complexity index is 485. The molecule has 2 atom stereocenters. The zero-order valence-electron chi connectivity index (χ0n) is 12.3. The molecule has 116 valence electrons. The van der Waals surface area contributed by atoms with Crippen LogP contribution in [0.25, 0.3) is 0 Å². The lowest BCUT2D eigenvalue weighted by Gasteiger charge is -2.37. The number of rotatable bonds is 4. The second kappa shape index (κ2) is 6.42. The number of ether oxygens (including phenoxy) is 4. The van der Waals surface area contributed by atoms with Gasteiger partial charge in [-0.2, -0.15) is 0 Å². The van der Waals surface area contributed by atoms with Gasteiger partial charge in [0.15, 0.2) is 11.5 Å². The van der Waals surface area contributed by atoms with E-state index in [1.807, 2.05) is 18.2 Å². The lowest BCUT2D eigenvalue weighted by atomic mass is 9.91. The summed E-state index contributed by atoms with van der Waals surface area (Å²) < 4.78 is 23.0. The number of methoxy groups -OCH3 is 1. The molecule has 2 aliphatic heterocycles. The predicted molar refractivity (Wildman–Crippen MR) is 80.3 cm³/mol. The summed E-state index contributed by atoms with van der Waals surface area (Å²) in [7, 11) is 1.65. The van der Waals surface area contributed by atoms with E-state index >= 15 is 0 Å². The third kappa shape index (κ3) is 3.28. The Hall–Kier alpha value is -0.970. The van der Waals surface area contributed by atoms with Crippen LogP contribution < -0.4 is 9.47 Å². The van der Waals surface area contributed by atoms with Gasteiger partial charge in [-0.05, 0) is 17.7 Å². The molecule has 2 aliphatic rings. The maximum absolute atomic E-state index is 6.19. The first kappa shape index (κ1) is 14.9. The van der Waals surface area contributed by atoms with Crippen molar-refractivity contribution in [2.75, 3.05) is 26.9 Å². The molecule has 0 saturated carbocycles. The summed E-state index contributed by atoms with van der Waals surface area (Å²) >= 11 is 5.90. The number of alkyl halides is 1. The second-order valence-corrected chi connectivity index (χ2v) is 5.95. The van der Waals surface area contributed by atoms with Crippen molar-refractivity contribution in [1.29, 1.82) is 0 Å². The highest BCUT2D eigenvalue weighted by Gasteiger charge is 2.42. The summed E-state index contributed by atoms with van der Waals surface area (Å²) in [5, 5.41) is 0. The minimum Gasteiger partial charge on any atom is -0.493 e. The molecule has 2 unspecified atom stereocenters. The number of hydrogen-bond acceptors (Lipinski definition) is 4. The maximum Gasteiger partial charge on any atom is 0.161 e. The highest BCUT2D eigenvalue weighted by molar-refractivity contribution is 6.17. The Balaban J connectivity index is 1.73. The van der Waals surface area contributed by atoms with Gasteiger partial charge in [-0.1, -0.05) is 6.07 Å². The second-order valence-electron chi connectivity index (χ2n) is 5.69. The van der Waals surface area contributed by atoms with Gasteiger partial charge in [-0.25, -0.2) is 0 Å². The average molecular weight is 313 g/mol. The van der Waals surface area contributed by atoms with Crippen LogP contribution in [0.4, 0.5) is 0 Å². The number of halogens is 1. The van der Waals surface area contributed by atoms with Gasteiger partial charge in [0.25, 0.3) is 0 Å². The first-order valence-electron chi connectivity index (χ1n) is 7.36. The SMILES string of the molecule is COc1ccc(CCl)cc1OC1CCOC2(CCOC2)C1. The van der Waals surface area contributed by atoms with Crippen molar-refractivity contribution < 1.29 is 18.9 Å². The van der Waals surface area contributed by atoms with Crippen LogP contribution in [0.3, 0.4) is 0 Å². The van der Waals surface area contributed by atoms with Crippen molar-refractivity contribution in [1.82, 2.24) is 0 Å². The number of hydrogen-bond donors (Lipinski definition) is 0. The van der Waals surface area contributed by atoms with E-state index in [-0.39, 0.29) is 11.7 Å². The minimum absolute atomic E-state index is 0.125. The molecule has 0 aromatic heterocycles. The lowest BCUT2D eigenvalue weighted by Crippen LogP contribution is -2.44. The van der Waals surface area contributed by atoms with Gasteiger partial charge in [-0.3, -0.25) is 0 Å². The lowest BCUT2D eigenvalue weighted by molar-refractivity contribution is -0.112. The van der Waals surface area contributed by atoms with Crippen LogP contribution in [0.5, 0.6) is 11.5 Å². The summed E-state index contributed by atoms with van der Waals surface area (Å²) in [6.45, 7) is 2.16. The fraction of sp³-hybridized carbons (Fsp3) is 0.625. The zero-order valence-corrected chi connectivity index (χ0v) is 13.0. The summed E-state index contributed by atoms with van der Waals surface area (Å²) in [4.78, 5) is 0. The van der Waals surface area contributed by atoms with E-state index in [0.29, 0.717) is 19.1 Å². The Morgan fingerprint density at radius 1 is 1.33 bits per heavy atom. The van der Waals surface area contributed by atoms with Crippen LogP contribution >= 0.6 is 11.6 Å². The van der Waals surface area contributed by atoms with Crippen molar-refractivity contribution in [2.24, 2.45) is 0 Å². The van der Waals surface area contributed by atoms with Crippen LogP contribution in [0.15, 0.2) is 18.2 Å². The molecule has 5 heteroatoms. The molecule has 0 amide bonds. The maximum atomic E-state index is 6.19. The average Bonchev–Trinajstić information content (AvgIpc) is 2.95. The third-order valence-electron chi connectivity index (χ3n) is 4.19. The van der Waals surface area contributed by atoms with E-state index in [9.17, 15) is 0 Å². The molecule has 2 heterocycles. The molecule has 1 aromatic rings. The molecule has 21 heavy (non-hydrogen) atoms. The van der Waals surface area contributed by atoms with Crippen molar-refractivity contribution >= 4 is 11.6 Å². The largest absolute Gasteiger partial charge is 0.493 e. The Labute approximate surface area is 130 Å². The predicted octanol–water partition coefficient (Wildman–Crippen LogP) is 3.15. The molecular formula is C16H21ClO4. The fourth-order valence-corrected chi connectivity index (χ4v) is 3.19. The van der Waals surface area contributed by atoms with Gasteiger partial charge >= 0.3 is 0 Å². The van der Waals surface area contributed by atoms with Crippen molar-refractivity contribution in [2.45, 2.75) is 36.8 Å². The monoisotopic (exact) mass is 312 g/mol. The molecule has 0 radical (unpaired) electrons. The fourth-order valence-electron chi connectivity index (χ4n) is 3.02. The van der Waals surface area contributed by atoms with Crippen molar-refractivity contribution in [3.63, 3.8) is 0 Å². The standard InChI is InChI=1S/C16H21ClO4/c1-18-14-3-2-12(10-17)8-15(14)21-13-4-6-20-16(9-13)5-7-19-11-16/h2-3,8,13H,4-7,9-11H2,1H3. The first-order chi connectivity index (χ1) is 10.2. The molecule has 0 N–H and O–H groups in total. The molecule has 2 fully saturated rings. The number of benzene rings is 1. The van der Waals surface area contributed by atoms with Crippen LogP contribution in [0, 0.1) is 0 Å². The van der Waals surface area contributed by atoms with Crippen LogP contribution in [-0.2, 0) is 15.4 Å². The van der Waals surface area contributed by atoms with Gasteiger partial charge in [0, 0.05) is 31.7 Å². The summed E-state index contributed by atoms with van der Waals surface area (Å²) in [6, 6.07) is 5.81. The molecule has 0 bridgehead atoms. The van der Waals surface area contributed by atoms with Crippen LogP contribution in [0.2, 0.25) is 0 Å². The van der Waals surface area contributed by atoms with Gasteiger partial charge in [0.05, 0.1) is 25.9 Å². The quantitative estimate of drug-likeness (QED) is 0.800. The van der Waals surface area contributed by atoms with E-state index in [2.05, 4.69) is 0 Å². The van der Waals surface area contributed by atoms with Crippen molar-refractivity contribution in [3.8, 4) is 11.5 Å². The minimum atomic E-state index is -0.153. The Morgan fingerprint density at radius 3 is 2.95 bits per heavy atom. The molecule has 1 spiro atoms. The normalized spacial score (nSPS) is 28.8.